The summed E-state index contributed by atoms with van der Waals surface area (Å²) in [7, 11) is 0. The smallest absolute Gasteiger partial charge is 0.341 e. The Hall–Kier alpha value is -2.35. The van der Waals surface area contributed by atoms with Crippen molar-refractivity contribution in [1.82, 2.24) is 4.57 Å². The number of fused-ring (bicyclic) bond motifs is 3. The molecule has 0 radical (unpaired) electrons. The first-order valence-electron chi connectivity index (χ1n) is 11.0. The number of carbonyl (C=O) groups is 1. The van der Waals surface area contributed by atoms with E-state index in [4.69, 9.17) is 25.8 Å². The highest BCUT2D eigenvalue weighted by Gasteiger charge is 2.34. The van der Waals surface area contributed by atoms with Crippen LogP contribution in [-0.4, -0.2) is 34.8 Å². The van der Waals surface area contributed by atoms with Gasteiger partial charge in [-0.3, -0.25) is 4.79 Å². The Morgan fingerprint density at radius 2 is 1.88 bits per heavy atom. The zero-order chi connectivity index (χ0) is 23.6. The maximum Gasteiger partial charge on any atom is 0.341 e. The number of ether oxygens (including phenoxy) is 3. The molecule has 32 heavy (non-hydrogen) atoms. The number of nitrogens with zero attached hydrogens (tertiary/aromatic N) is 1. The second kappa shape index (κ2) is 9.65. The summed E-state index contributed by atoms with van der Waals surface area (Å²) in [5.41, 5.74) is 1.61. The fraction of sp³-hybridized carbons (Fsp3) is 0.500. The molecular weight excluding hydrogens is 434 g/mol. The van der Waals surface area contributed by atoms with E-state index >= 15 is 0 Å². The van der Waals surface area contributed by atoms with Crippen molar-refractivity contribution in [3.05, 3.63) is 50.8 Å². The van der Waals surface area contributed by atoms with Crippen molar-refractivity contribution in [3.8, 4) is 17.0 Å². The highest BCUT2D eigenvalue weighted by Crippen LogP contribution is 2.42. The number of carboxylic acids is 1. The van der Waals surface area contributed by atoms with Crippen molar-refractivity contribution in [1.29, 1.82) is 0 Å². The van der Waals surface area contributed by atoms with Gasteiger partial charge in [0.1, 0.15) is 11.3 Å². The third-order valence-corrected chi connectivity index (χ3v) is 6.02. The second-order valence-corrected chi connectivity index (χ2v) is 8.52. The first kappa shape index (κ1) is 24.3. The maximum absolute atomic E-state index is 12.5. The first-order valence-corrected chi connectivity index (χ1v) is 11.3. The van der Waals surface area contributed by atoms with Crippen LogP contribution in [0.5, 0.6) is 5.75 Å². The molecule has 2 heterocycles. The van der Waals surface area contributed by atoms with Crippen LogP contribution in [-0.2, 0) is 15.9 Å². The number of hydrogen-bond donors (Lipinski definition) is 1. The van der Waals surface area contributed by atoms with E-state index in [0.29, 0.717) is 42.5 Å². The Labute approximate surface area is 192 Å². The highest BCUT2D eigenvalue weighted by molar-refractivity contribution is 6.32. The van der Waals surface area contributed by atoms with E-state index in [1.54, 1.807) is 6.07 Å². The lowest BCUT2D eigenvalue weighted by Crippen LogP contribution is -2.42. The summed E-state index contributed by atoms with van der Waals surface area (Å²) in [5, 5.41) is 9.76. The normalized spacial score (nSPS) is 15.4. The number of benzene rings is 1. The van der Waals surface area contributed by atoms with Gasteiger partial charge in [-0.2, -0.15) is 0 Å². The van der Waals surface area contributed by atoms with Gasteiger partial charge in [-0.25, -0.2) is 4.79 Å². The predicted molar refractivity (Wildman–Crippen MR) is 123 cm³/mol. The van der Waals surface area contributed by atoms with Crippen molar-refractivity contribution < 1.29 is 24.1 Å². The van der Waals surface area contributed by atoms with E-state index in [9.17, 15) is 14.7 Å². The van der Waals surface area contributed by atoms with Crippen LogP contribution in [0.25, 0.3) is 11.3 Å². The molecule has 0 saturated carbocycles. The minimum Gasteiger partial charge on any atom is -0.477 e. The van der Waals surface area contributed by atoms with Crippen molar-refractivity contribution in [2.75, 3.05) is 13.2 Å². The quantitative estimate of drug-likeness (QED) is 0.518. The predicted octanol–water partition coefficient (Wildman–Crippen LogP) is 5.14. The average molecular weight is 464 g/mol. The van der Waals surface area contributed by atoms with Crippen LogP contribution in [0.2, 0.25) is 5.02 Å². The molecule has 1 N–H and O–H groups in total. The zero-order valence-electron chi connectivity index (χ0n) is 19.1. The van der Waals surface area contributed by atoms with Crippen molar-refractivity contribution in [3.63, 3.8) is 0 Å². The molecule has 1 unspecified atom stereocenters. The zero-order valence-corrected chi connectivity index (χ0v) is 19.9. The Balaban J connectivity index is 2.14. The van der Waals surface area contributed by atoms with Gasteiger partial charge in [-0.05, 0) is 43.9 Å². The first-order chi connectivity index (χ1) is 15.2. The molecule has 7 nitrogen and oxygen atoms in total. The maximum atomic E-state index is 12.5. The molecule has 0 aliphatic carbocycles. The lowest BCUT2D eigenvalue weighted by Gasteiger charge is -2.35. The number of carboxylic acid groups (broad SMARTS) is 1. The number of aromatic nitrogens is 1. The number of rotatable bonds is 9. The van der Waals surface area contributed by atoms with Gasteiger partial charge in [0.25, 0.3) is 0 Å². The Kier molecular flexibility index (Phi) is 7.32. The molecule has 0 spiro atoms. The molecule has 0 bridgehead atoms. The highest BCUT2D eigenvalue weighted by atomic mass is 35.5. The Morgan fingerprint density at radius 3 is 2.41 bits per heavy atom. The van der Waals surface area contributed by atoms with Crippen LogP contribution in [0.15, 0.2) is 29.2 Å². The summed E-state index contributed by atoms with van der Waals surface area (Å²) in [6, 6.07) is 4.98. The van der Waals surface area contributed by atoms with Gasteiger partial charge in [0.05, 0.1) is 23.9 Å². The summed E-state index contributed by atoms with van der Waals surface area (Å²) in [5.74, 6) is -1.83. The van der Waals surface area contributed by atoms with Gasteiger partial charge in [-0.1, -0.05) is 32.4 Å². The molecule has 2 aromatic rings. The summed E-state index contributed by atoms with van der Waals surface area (Å²) in [6.07, 6.45) is 2.54. The summed E-state index contributed by atoms with van der Waals surface area (Å²) >= 11 is 6.59. The lowest BCUT2D eigenvalue weighted by atomic mass is 9.87. The standard InChI is InChI=1S/C24H30ClNO6/c1-6-24(30-7-2,31-8-3)32-22-10-15-9-19(14(4)5)26-13-17(23(28)29)21(27)12-20(26)16(15)11-18(22)25/h10-14,19H,6-9H2,1-5H3,(H,28,29). The fourth-order valence-corrected chi connectivity index (χ4v) is 4.35. The van der Waals surface area contributed by atoms with Crippen LogP contribution in [0.3, 0.4) is 0 Å². The van der Waals surface area contributed by atoms with Gasteiger partial charge in [0.15, 0.2) is 5.43 Å². The third-order valence-electron chi connectivity index (χ3n) is 5.73. The van der Waals surface area contributed by atoms with Crippen molar-refractivity contribution in [2.45, 2.75) is 59.5 Å². The van der Waals surface area contributed by atoms with E-state index in [-0.39, 0.29) is 17.5 Å². The third kappa shape index (κ3) is 4.56. The summed E-state index contributed by atoms with van der Waals surface area (Å²) in [6.45, 7) is 10.6. The van der Waals surface area contributed by atoms with E-state index in [1.807, 2.05) is 31.4 Å². The molecule has 174 valence electrons. The van der Waals surface area contributed by atoms with Crippen LogP contribution < -0.4 is 10.2 Å². The second-order valence-electron chi connectivity index (χ2n) is 8.11. The topological polar surface area (TPSA) is 87.0 Å². The van der Waals surface area contributed by atoms with Crippen molar-refractivity contribution >= 4 is 17.6 Å². The molecule has 3 rings (SSSR count). The number of halogens is 1. The monoisotopic (exact) mass is 463 g/mol. The van der Waals surface area contributed by atoms with Crippen molar-refractivity contribution in [2.24, 2.45) is 5.92 Å². The lowest BCUT2D eigenvalue weighted by molar-refractivity contribution is -0.341. The number of pyridine rings is 1. The number of hydrogen-bond acceptors (Lipinski definition) is 5. The molecule has 0 saturated heterocycles. The van der Waals surface area contributed by atoms with Gasteiger partial charge in [0, 0.05) is 30.3 Å². The van der Waals surface area contributed by atoms with E-state index in [1.165, 1.54) is 12.3 Å². The van der Waals surface area contributed by atoms with E-state index < -0.39 is 17.4 Å². The molecule has 0 amide bonds. The molecule has 1 aliphatic heterocycles. The van der Waals surface area contributed by atoms with Crippen LogP contribution >= 0.6 is 11.6 Å². The van der Waals surface area contributed by atoms with E-state index in [0.717, 1.165) is 11.1 Å². The number of aromatic carboxylic acids is 1. The molecule has 1 aromatic carbocycles. The Bertz CT molecular complexity index is 1060. The van der Waals surface area contributed by atoms with Gasteiger partial charge >= 0.3 is 11.9 Å². The van der Waals surface area contributed by atoms with E-state index in [2.05, 4.69) is 13.8 Å². The molecule has 1 atom stereocenters. The van der Waals surface area contributed by atoms with Crippen LogP contribution in [0.1, 0.15) is 63.0 Å². The average Bonchev–Trinajstić information content (AvgIpc) is 2.73. The molecular formula is C24H30ClNO6. The minimum atomic E-state index is -1.24. The van der Waals surface area contributed by atoms with Gasteiger partial charge in [0.2, 0.25) is 0 Å². The van der Waals surface area contributed by atoms with Crippen LogP contribution in [0.4, 0.5) is 0 Å². The molecule has 1 aliphatic rings. The summed E-state index contributed by atoms with van der Waals surface area (Å²) in [4.78, 5) is 24.0. The Morgan fingerprint density at radius 1 is 1.22 bits per heavy atom. The minimum absolute atomic E-state index is 0.0278. The SMILES string of the molecule is CCOC(CC)(OCC)Oc1cc2c(cc1Cl)-c1cc(=O)c(C(=O)O)cn1C(C(C)C)C2. The summed E-state index contributed by atoms with van der Waals surface area (Å²) < 4.78 is 19.6. The van der Waals surface area contributed by atoms with Crippen LogP contribution in [0, 0.1) is 5.92 Å². The van der Waals surface area contributed by atoms with Gasteiger partial charge in [-0.15, -0.1) is 0 Å². The molecule has 0 fully saturated rings. The fourth-order valence-electron chi connectivity index (χ4n) is 4.15. The van der Waals surface area contributed by atoms with Gasteiger partial charge < -0.3 is 23.9 Å². The molecule has 1 aromatic heterocycles. The molecule has 8 heteroatoms. The largest absolute Gasteiger partial charge is 0.477 e.